The van der Waals surface area contributed by atoms with Crippen LogP contribution in [0.5, 0.6) is 0 Å². The van der Waals surface area contributed by atoms with Crippen molar-refractivity contribution < 1.29 is 4.42 Å². The van der Waals surface area contributed by atoms with Crippen LogP contribution in [0.25, 0.3) is 10.2 Å². The zero-order valence-electron chi connectivity index (χ0n) is 12.6. The van der Waals surface area contributed by atoms with Crippen LogP contribution in [0, 0.1) is 0 Å². The average Bonchev–Trinajstić information content (AvgIpc) is 3.09. The van der Waals surface area contributed by atoms with E-state index in [4.69, 9.17) is 21.8 Å². The Balaban J connectivity index is 1.76. The fraction of sp³-hybridized carbons (Fsp3) is 0.353. The van der Waals surface area contributed by atoms with Crippen molar-refractivity contribution in [2.75, 3.05) is 11.9 Å². The standard InChI is InChI=1S/C17H18ClN3OS/c18-14-8-12(20-9-11-2-1-7-22-11)17-16(21-14)15(10-3-4-10)13(23-17)5-6-19/h1-2,7-8,10H,3-6,9,19H2,(H,20,21). The number of hydrogen-bond acceptors (Lipinski definition) is 5. The van der Waals surface area contributed by atoms with Crippen molar-refractivity contribution >= 4 is 38.8 Å². The number of anilines is 1. The maximum atomic E-state index is 6.27. The van der Waals surface area contributed by atoms with E-state index >= 15 is 0 Å². The second kappa shape index (κ2) is 6.15. The molecule has 1 saturated carbocycles. The lowest BCUT2D eigenvalue weighted by atomic mass is 10.1. The van der Waals surface area contributed by atoms with Gasteiger partial charge in [0.2, 0.25) is 0 Å². The molecular weight excluding hydrogens is 330 g/mol. The van der Waals surface area contributed by atoms with Gasteiger partial charge in [0.1, 0.15) is 10.9 Å². The quantitative estimate of drug-likeness (QED) is 0.643. The molecule has 1 aliphatic carbocycles. The molecule has 0 spiro atoms. The second-order valence-electron chi connectivity index (χ2n) is 5.86. The minimum absolute atomic E-state index is 0.526. The first-order valence-corrected chi connectivity index (χ1v) is 9.04. The predicted molar refractivity (Wildman–Crippen MR) is 95.4 cm³/mol. The highest BCUT2D eigenvalue weighted by molar-refractivity contribution is 7.19. The van der Waals surface area contributed by atoms with Crippen molar-refractivity contribution in [3.8, 4) is 0 Å². The van der Waals surface area contributed by atoms with Crippen LogP contribution in [0.15, 0.2) is 28.9 Å². The van der Waals surface area contributed by atoms with E-state index in [1.165, 1.54) is 28.0 Å². The van der Waals surface area contributed by atoms with Crippen molar-refractivity contribution in [3.05, 3.63) is 45.8 Å². The highest BCUT2D eigenvalue weighted by Crippen LogP contribution is 2.49. The molecule has 0 aromatic carbocycles. The molecule has 4 rings (SSSR count). The van der Waals surface area contributed by atoms with E-state index < -0.39 is 0 Å². The second-order valence-corrected chi connectivity index (χ2v) is 7.35. The Bertz CT molecular complexity index is 824. The largest absolute Gasteiger partial charge is 0.467 e. The van der Waals surface area contributed by atoms with Crippen molar-refractivity contribution in [2.24, 2.45) is 5.73 Å². The van der Waals surface area contributed by atoms with Gasteiger partial charge in [0.25, 0.3) is 0 Å². The molecule has 0 unspecified atom stereocenters. The maximum absolute atomic E-state index is 6.27. The van der Waals surface area contributed by atoms with E-state index in [0.29, 0.717) is 24.2 Å². The monoisotopic (exact) mass is 347 g/mol. The maximum Gasteiger partial charge on any atom is 0.131 e. The number of fused-ring (bicyclic) bond motifs is 1. The van der Waals surface area contributed by atoms with Crippen LogP contribution in [0.4, 0.5) is 5.69 Å². The highest BCUT2D eigenvalue weighted by Gasteiger charge is 2.31. The zero-order valence-corrected chi connectivity index (χ0v) is 14.2. The smallest absolute Gasteiger partial charge is 0.131 e. The molecule has 120 valence electrons. The number of nitrogens with one attached hydrogen (secondary N) is 1. The number of nitrogens with two attached hydrogens (primary N) is 1. The van der Waals surface area contributed by atoms with Crippen LogP contribution in [-0.4, -0.2) is 11.5 Å². The van der Waals surface area contributed by atoms with Crippen LogP contribution in [-0.2, 0) is 13.0 Å². The Morgan fingerprint density at radius 1 is 1.43 bits per heavy atom. The molecule has 23 heavy (non-hydrogen) atoms. The summed E-state index contributed by atoms with van der Waals surface area (Å²) in [6, 6.07) is 5.74. The zero-order chi connectivity index (χ0) is 15.8. The van der Waals surface area contributed by atoms with E-state index in [1.807, 2.05) is 18.2 Å². The molecule has 4 nitrogen and oxygen atoms in total. The van der Waals surface area contributed by atoms with E-state index in [2.05, 4.69) is 10.3 Å². The number of rotatable bonds is 6. The summed E-state index contributed by atoms with van der Waals surface area (Å²) >= 11 is 8.07. The molecule has 6 heteroatoms. The van der Waals surface area contributed by atoms with E-state index in [1.54, 1.807) is 17.6 Å². The Kier molecular flexibility index (Phi) is 4.01. The topological polar surface area (TPSA) is 64.1 Å². The van der Waals surface area contributed by atoms with Crippen LogP contribution in [0.1, 0.15) is 35.0 Å². The van der Waals surface area contributed by atoms with E-state index in [9.17, 15) is 0 Å². The summed E-state index contributed by atoms with van der Waals surface area (Å²) < 4.78 is 6.56. The van der Waals surface area contributed by atoms with Gasteiger partial charge in [-0.25, -0.2) is 4.98 Å². The molecule has 0 saturated heterocycles. The van der Waals surface area contributed by atoms with Crippen LogP contribution in [0.3, 0.4) is 0 Å². The fourth-order valence-electron chi connectivity index (χ4n) is 2.93. The summed E-state index contributed by atoms with van der Waals surface area (Å²) in [6.45, 7) is 1.29. The summed E-state index contributed by atoms with van der Waals surface area (Å²) in [5, 5.41) is 3.96. The third kappa shape index (κ3) is 2.96. The lowest BCUT2D eigenvalue weighted by Crippen LogP contribution is -2.02. The molecule has 3 aromatic heterocycles. The van der Waals surface area contributed by atoms with Crippen LogP contribution >= 0.6 is 22.9 Å². The fourth-order valence-corrected chi connectivity index (χ4v) is 4.46. The Morgan fingerprint density at radius 2 is 2.30 bits per heavy atom. The third-order valence-electron chi connectivity index (χ3n) is 4.11. The molecule has 0 aliphatic heterocycles. The molecule has 1 fully saturated rings. The van der Waals surface area contributed by atoms with Gasteiger partial charge < -0.3 is 15.5 Å². The van der Waals surface area contributed by atoms with Gasteiger partial charge in [-0.2, -0.15) is 0 Å². The molecule has 0 radical (unpaired) electrons. The van der Waals surface area contributed by atoms with Crippen molar-refractivity contribution in [3.63, 3.8) is 0 Å². The van der Waals surface area contributed by atoms with E-state index in [0.717, 1.165) is 23.4 Å². The summed E-state index contributed by atoms with van der Waals surface area (Å²) in [5.74, 6) is 1.53. The summed E-state index contributed by atoms with van der Waals surface area (Å²) in [5.41, 5.74) is 9.24. The van der Waals surface area contributed by atoms with Crippen molar-refractivity contribution in [2.45, 2.75) is 31.7 Å². The number of nitrogens with zero attached hydrogens (tertiary/aromatic N) is 1. The van der Waals surface area contributed by atoms with Gasteiger partial charge in [0.15, 0.2) is 0 Å². The third-order valence-corrected chi connectivity index (χ3v) is 5.59. The van der Waals surface area contributed by atoms with Crippen LogP contribution in [0.2, 0.25) is 5.15 Å². The molecule has 0 amide bonds. The van der Waals surface area contributed by atoms with E-state index in [-0.39, 0.29) is 0 Å². The first-order valence-electron chi connectivity index (χ1n) is 7.84. The van der Waals surface area contributed by atoms with Gasteiger partial charge in [-0.05, 0) is 49.4 Å². The Hall–Kier alpha value is -1.56. The number of pyridine rings is 1. The normalized spacial score (nSPS) is 14.5. The number of hydrogen-bond donors (Lipinski definition) is 2. The highest BCUT2D eigenvalue weighted by atomic mass is 35.5. The number of halogens is 1. The Labute approximate surface area is 143 Å². The minimum atomic E-state index is 0.526. The Morgan fingerprint density at radius 3 is 3.00 bits per heavy atom. The molecule has 0 atom stereocenters. The van der Waals surface area contributed by atoms with Gasteiger partial charge in [0.05, 0.1) is 28.7 Å². The summed E-state index contributed by atoms with van der Waals surface area (Å²) in [7, 11) is 0. The predicted octanol–water partition coefficient (Wildman–Crippen LogP) is 4.53. The average molecular weight is 348 g/mol. The van der Waals surface area contributed by atoms with Gasteiger partial charge in [-0.15, -0.1) is 11.3 Å². The minimum Gasteiger partial charge on any atom is -0.467 e. The molecule has 3 N–H and O–H groups in total. The van der Waals surface area contributed by atoms with Gasteiger partial charge in [0, 0.05) is 10.9 Å². The van der Waals surface area contributed by atoms with Crippen molar-refractivity contribution in [1.29, 1.82) is 0 Å². The van der Waals surface area contributed by atoms with Crippen LogP contribution < -0.4 is 11.1 Å². The molecule has 1 aliphatic rings. The lowest BCUT2D eigenvalue weighted by molar-refractivity contribution is 0.518. The number of furan rings is 1. The SMILES string of the molecule is NCCc1sc2c(NCc3ccco3)cc(Cl)nc2c1C1CC1. The summed E-state index contributed by atoms with van der Waals surface area (Å²) in [6.07, 6.45) is 5.07. The number of thiophene rings is 1. The number of aromatic nitrogens is 1. The lowest BCUT2D eigenvalue weighted by Gasteiger charge is -2.07. The van der Waals surface area contributed by atoms with Gasteiger partial charge in [-0.1, -0.05) is 11.6 Å². The van der Waals surface area contributed by atoms with Gasteiger partial charge in [-0.3, -0.25) is 0 Å². The first kappa shape index (κ1) is 15.0. The summed E-state index contributed by atoms with van der Waals surface area (Å²) in [4.78, 5) is 5.98. The molecule has 3 aromatic rings. The molecule has 3 heterocycles. The molecular formula is C17H18ClN3OS. The molecule has 0 bridgehead atoms. The van der Waals surface area contributed by atoms with Crippen molar-refractivity contribution in [1.82, 2.24) is 4.98 Å². The van der Waals surface area contributed by atoms with Gasteiger partial charge >= 0.3 is 0 Å². The first-order chi connectivity index (χ1) is 11.3.